The molecule has 0 spiro atoms. The molecule has 1 aromatic heterocycles. The van der Waals surface area contributed by atoms with Gasteiger partial charge in [0.2, 0.25) is 0 Å². The molecule has 0 unspecified atom stereocenters. The van der Waals surface area contributed by atoms with Gasteiger partial charge in [-0.05, 0) is 46.5 Å². The number of fused-ring (bicyclic) bond motifs is 3. The van der Waals surface area contributed by atoms with Gasteiger partial charge in [-0.1, -0.05) is 0 Å². The first-order valence-electron chi connectivity index (χ1n) is 6.18. The van der Waals surface area contributed by atoms with Crippen molar-refractivity contribution in [1.82, 2.24) is 10.2 Å². The van der Waals surface area contributed by atoms with Crippen LogP contribution in [-0.2, 0) is 17.6 Å². The summed E-state index contributed by atoms with van der Waals surface area (Å²) in [6, 6.07) is 3.99. The number of nitrogens with one attached hydrogen (secondary N) is 1. The smallest absolute Gasteiger partial charge is 0.356 e. The summed E-state index contributed by atoms with van der Waals surface area (Å²) in [5.74, 6) is 0.422. The monoisotopic (exact) mass is 336 g/mol. The Kier molecular flexibility index (Phi) is 3.25. The van der Waals surface area contributed by atoms with Gasteiger partial charge in [-0.15, -0.1) is 0 Å². The van der Waals surface area contributed by atoms with Crippen molar-refractivity contribution >= 4 is 21.9 Å². The maximum absolute atomic E-state index is 11.7. The van der Waals surface area contributed by atoms with Gasteiger partial charge in [0.25, 0.3) is 0 Å². The third-order valence-electron chi connectivity index (χ3n) is 3.53. The third kappa shape index (κ3) is 1.91. The minimum absolute atomic E-state index is 0.380. The van der Waals surface area contributed by atoms with Gasteiger partial charge in [0.15, 0.2) is 0 Å². The average Bonchev–Trinajstić information content (AvgIpc) is 2.90. The number of aryl methyl sites for hydroxylation is 1. The molecule has 3 rings (SSSR count). The Morgan fingerprint density at radius 1 is 1.35 bits per heavy atom. The third-order valence-corrected chi connectivity index (χ3v) is 4.15. The lowest BCUT2D eigenvalue weighted by molar-refractivity contribution is 0.0592. The van der Waals surface area contributed by atoms with Crippen LogP contribution >= 0.6 is 15.9 Å². The molecular weight excluding hydrogens is 324 g/mol. The molecule has 0 radical (unpaired) electrons. The number of carbonyl (C=O) groups excluding carboxylic acids is 1. The molecule has 6 heteroatoms. The van der Waals surface area contributed by atoms with Crippen LogP contribution in [0.2, 0.25) is 0 Å². The van der Waals surface area contributed by atoms with Gasteiger partial charge in [0.05, 0.1) is 24.4 Å². The minimum Gasteiger partial charge on any atom is -0.496 e. The van der Waals surface area contributed by atoms with Crippen LogP contribution in [0.1, 0.15) is 21.6 Å². The number of halogens is 1. The fourth-order valence-electron chi connectivity index (χ4n) is 2.54. The van der Waals surface area contributed by atoms with Crippen molar-refractivity contribution < 1.29 is 14.3 Å². The summed E-state index contributed by atoms with van der Waals surface area (Å²) in [5, 5.41) is 7.06. The number of ether oxygens (including phenoxy) is 2. The van der Waals surface area contributed by atoms with Crippen molar-refractivity contribution in [2.45, 2.75) is 12.8 Å². The van der Waals surface area contributed by atoms with E-state index in [1.54, 1.807) is 7.11 Å². The highest BCUT2D eigenvalue weighted by molar-refractivity contribution is 9.10. The van der Waals surface area contributed by atoms with Gasteiger partial charge in [0, 0.05) is 11.1 Å². The van der Waals surface area contributed by atoms with Crippen LogP contribution in [0.5, 0.6) is 5.75 Å². The lowest BCUT2D eigenvalue weighted by atomic mass is 9.89. The number of nitrogens with zero attached hydrogens (tertiary/aromatic N) is 1. The molecule has 0 amide bonds. The number of carbonyl (C=O) groups is 1. The fourth-order valence-corrected chi connectivity index (χ4v) is 3.05. The molecule has 0 fully saturated rings. The molecule has 1 aliphatic rings. The molecule has 0 aliphatic heterocycles. The summed E-state index contributed by atoms with van der Waals surface area (Å²) in [4.78, 5) is 11.7. The minimum atomic E-state index is -0.380. The number of H-pyrrole nitrogens is 1. The first kappa shape index (κ1) is 13.2. The van der Waals surface area contributed by atoms with Gasteiger partial charge >= 0.3 is 5.97 Å². The van der Waals surface area contributed by atoms with Gasteiger partial charge in [-0.3, -0.25) is 5.10 Å². The molecule has 1 aliphatic carbocycles. The lowest BCUT2D eigenvalue weighted by Gasteiger charge is -2.17. The van der Waals surface area contributed by atoms with E-state index >= 15 is 0 Å². The second-order valence-corrected chi connectivity index (χ2v) is 5.42. The highest BCUT2D eigenvalue weighted by Crippen LogP contribution is 2.39. The second-order valence-electron chi connectivity index (χ2n) is 4.56. The van der Waals surface area contributed by atoms with Crippen LogP contribution in [0.3, 0.4) is 0 Å². The Hall–Kier alpha value is -1.82. The zero-order valence-corrected chi connectivity index (χ0v) is 12.7. The lowest BCUT2D eigenvalue weighted by Crippen LogP contribution is -2.09. The van der Waals surface area contributed by atoms with Crippen LogP contribution in [0, 0.1) is 0 Å². The average molecular weight is 337 g/mol. The molecule has 104 valence electrons. The standard InChI is InChI=1S/C14H13BrN2O3/c1-19-11-5-7-3-4-8-12(9(7)6-10(11)15)16-17-13(8)14(18)20-2/h5-6H,3-4H2,1-2H3,(H,16,17). The van der Waals surface area contributed by atoms with Gasteiger partial charge in [-0.25, -0.2) is 4.79 Å². The Morgan fingerprint density at radius 2 is 2.15 bits per heavy atom. The van der Waals surface area contributed by atoms with Crippen LogP contribution in [0.4, 0.5) is 0 Å². The molecule has 1 N–H and O–H groups in total. The van der Waals surface area contributed by atoms with E-state index in [0.717, 1.165) is 39.9 Å². The van der Waals surface area contributed by atoms with E-state index in [0.29, 0.717) is 5.69 Å². The molecule has 20 heavy (non-hydrogen) atoms. The van der Waals surface area contributed by atoms with Crippen molar-refractivity contribution in [3.8, 4) is 17.0 Å². The van der Waals surface area contributed by atoms with Crippen molar-refractivity contribution in [3.05, 3.63) is 33.4 Å². The summed E-state index contributed by atoms with van der Waals surface area (Å²) in [6.07, 6.45) is 1.60. The predicted molar refractivity (Wildman–Crippen MR) is 77.0 cm³/mol. The zero-order chi connectivity index (χ0) is 14.3. The Balaban J connectivity index is 2.15. The maximum Gasteiger partial charge on any atom is 0.356 e. The van der Waals surface area contributed by atoms with E-state index in [2.05, 4.69) is 26.1 Å². The molecule has 1 aromatic carbocycles. The highest BCUT2D eigenvalue weighted by atomic mass is 79.9. The number of rotatable bonds is 2. The van der Waals surface area contributed by atoms with E-state index in [9.17, 15) is 4.79 Å². The zero-order valence-electron chi connectivity index (χ0n) is 11.1. The highest BCUT2D eigenvalue weighted by Gasteiger charge is 2.26. The van der Waals surface area contributed by atoms with Crippen molar-refractivity contribution in [1.29, 1.82) is 0 Å². The number of aromatic nitrogens is 2. The Bertz CT molecular complexity index is 694. The van der Waals surface area contributed by atoms with E-state index < -0.39 is 0 Å². The summed E-state index contributed by atoms with van der Waals surface area (Å²) >= 11 is 3.48. The normalized spacial score (nSPS) is 12.6. The SMILES string of the molecule is COC(=O)c1[nH]nc2c1CCc1cc(OC)c(Br)cc1-2. The fraction of sp³-hybridized carbons (Fsp3) is 0.286. The number of esters is 1. The van der Waals surface area contributed by atoms with Gasteiger partial charge in [0.1, 0.15) is 11.4 Å². The summed E-state index contributed by atoms with van der Waals surface area (Å²) in [6.45, 7) is 0. The number of methoxy groups -OCH3 is 2. The van der Waals surface area contributed by atoms with E-state index in [1.165, 1.54) is 12.7 Å². The molecule has 5 nitrogen and oxygen atoms in total. The molecule has 2 aromatic rings. The molecular formula is C14H13BrN2O3. The van der Waals surface area contributed by atoms with Crippen molar-refractivity contribution in [2.24, 2.45) is 0 Å². The van der Waals surface area contributed by atoms with Crippen LogP contribution in [-0.4, -0.2) is 30.4 Å². The van der Waals surface area contributed by atoms with Crippen molar-refractivity contribution in [2.75, 3.05) is 14.2 Å². The van der Waals surface area contributed by atoms with E-state index in [1.807, 2.05) is 12.1 Å². The van der Waals surface area contributed by atoms with Gasteiger partial charge in [-0.2, -0.15) is 5.10 Å². The molecule has 1 heterocycles. The summed E-state index contributed by atoms with van der Waals surface area (Å²) in [5.41, 5.74) is 4.36. The largest absolute Gasteiger partial charge is 0.496 e. The number of hydrogen-bond donors (Lipinski definition) is 1. The quantitative estimate of drug-likeness (QED) is 0.856. The summed E-state index contributed by atoms with van der Waals surface area (Å²) < 4.78 is 10.9. The van der Waals surface area contributed by atoms with Crippen LogP contribution in [0.25, 0.3) is 11.3 Å². The van der Waals surface area contributed by atoms with Crippen molar-refractivity contribution in [3.63, 3.8) is 0 Å². The first-order chi connectivity index (χ1) is 9.65. The molecule has 0 saturated carbocycles. The first-order valence-corrected chi connectivity index (χ1v) is 6.97. The number of aromatic amines is 1. The molecule has 0 saturated heterocycles. The van der Waals surface area contributed by atoms with E-state index in [-0.39, 0.29) is 5.97 Å². The molecule has 0 atom stereocenters. The Labute approximate surface area is 124 Å². The van der Waals surface area contributed by atoms with Gasteiger partial charge < -0.3 is 9.47 Å². The number of hydrogen-bond acceptors (Lipinski definition) is 4. The summed E-state index contributed by atoms with van der Waals surface area (Å²) in [7, 11) is 3.01. The second kappa shape index (κ2) is 4.94. The van der Waals surface area contributed by atoms with Crippen LogP contribution in [0.15, 0.2) is 16.6 Å². The topological polar surface area (TPSA) is 64.2 Å². The molecule has 0 bridgehead atoms. The number of benzene rings is 1. The Morgan fingerprint density at radius 3 is 2.85 bits per heavy atom. The van der Waals surface area contributed by atoms with Crippen LogP contribution < -0.4 is 4.74 Å². The maximum atomic E-state index is 11.7. The predicted octanol–water partition coefficient (Wildman–Crippen LogP) is 2.73. The van der Waals surface area contributed by atoms with E-state index in [4.69, 9.17) is 9.47 Å².